The van der Waals surface area contributed by atoms with Crippen LogP contribution in [-0.4, -0.2) is 108 Å². The number of carbonyl (C=O) groups excluding carboxylic acids is 4. The number of hydrogen-bond donors (Lipinski definition) is 2. The van der Waals surface area contributed by atoms with E-state index >= 15 is 0 Å². The van der Waals surface area contributed by atoms with E-state index < -0.39 is 125 Å². The van der Waals surface area contributed by atoms with Gasteiger partial charge in [0.15, 0.2) is 0 Å². The predicted molar refractivity (Wildman–Crippen MR) is 237 cm³/mol. The normalized spacial score (nSPS) is 27.5. The van der Waals surface area contributed by atoms with Crippen LogP contribution in [0.4, 0.5) is 26.3 Å². The van der Waals surface area contributed by atoms with E-state index in [1.807, 2.05) is 0 Å². The van der Waals surface area contributed by atoms with Crippen molar-refractivity contribution in [3.05, 3.63) is 108 Å². The van der Waals surface area contributed by atoms with E-state index in [0.717, 1.165) is 38.3 Å². The highest BCUT2D eigenvalue weighted by atomic mass is 19.4. The third kappa shape index (κ3) is 13.4. The minimum Gasteiger partial charge on any atom is -0.459 e. The van der Waals surface area contributed by atoms with Crippen LogP contribution in [-0.2, 0) is 63.5 Å². The Kier molecular flexibility index (Phi) is 18.7. The number of rotatable bonds is 17. The van der Waals surface area contributed by atoms with Gasteiger partial charge in [0.1, 0.15) is 30.0 Å². The van der Waals surface area contributed by atoms with Gasteiger partial charge < -0.3 is 43.4 Å². The first-order valence-electron chi connectivity index (χ1n) is 22.4. The predicted octanol–water partition coefficient (Wildman–Crippen LogP) is 8.45. The van der Waals surface area contributed by atoms with Gasteiger partial charge in [-0.15, -0.1) is 0 Å². The van der Waals surface area contributed by atoms with Crippen LogP contribution in [0.5, 0.6) is 0 Å². The van der Waals surface area contributed by atoms with E-state index in [4.69, 9.17) is 33.2 Å². The van der Waals surface area contributed by atoms with Gasteiger partial charge in [0.2, 0.25) is 0 Å². The number of esters is 4. The first-order valence-corrected chi connectivity index (χ1v) is 22.4. The first kappa shape index (κ1) is 56.5. The van der Waals surface area contributed by atoms with E-state index in [1.54, 1.807) is 33.8 Å². The summed E-state index contributed by atoms with van der Waals surface area (Å²) in [7, 11) is 1.47. The smallest absolute Gasteiger partial charge is 0.432 e. The molecular formula is C50H62F6O13. The fraction of sp³-hybridized carbons (Fsp3) is 0.560. The second-order valence-electron chi connectivity index (χ2n) is 18.0. The highest BCUT2D eigenvalue weighted by Gasteiger charge is 2.66. The van der Waals surface area contributed by atoms with Gasteiger partial charge in [0, 0.05) is 50.5 Å². The average Bonchev–Trinajstić information content (AvgIpc) is 4.03. The van der Waals surface area contributed by atoms with Crippen molar-refractivity contribution in [1.82, 2.24) is 0 Å². The van der Waals surface area contributed by atoms with Crippen molar-refractivity contribution in [2.75, 3.05) is 14.2 Å². The molecule has 0 amide bonds. The van der Waals surface area contributed by atoms with E-state index in [2.05, 4.69) is 0 Å². The molecule has 1 fully saturated rings. The van der Waals surface area contributed by atoms with Crippen molar-refractivity contribution in [3.63, 3.8) is 0 Å². The number of methoxy groups -OCH3 is 2. The van der Waals surface area contributed by atoms with Gasteiger partial charge in [-0.2, -0.15) is 26.3 Å². The number of benzene rings is 2. The molecule has 2 aromatic carbocycles. The van der Waals surface area contributed by atoms with Crippen molar-refractivity contribution in [3.8, 4) is 0 Å². The van der Waals surface area contributed by atoms with E-state index in [9.17, 15) is 55.7 Å². The summed E-state index contributed by atoms with van der Waals surface area (Å²) >= 11 is 0. The highest BCUT2D eigenvalue weighted by molar-refractivity contribution is 5.84. The van der Waals surface area contributed by atoms with Crippen molar-refractivity contribution in [2.45, 2.75) is 152 Å². The molecule has 2 heterocycles. The average molecular weight is 985 g/mol. The van der Waals surface area contributed by atoms with Crippen LogP contribution >= 0.6 is 0 Å². The zero-order valence-corrected chi connectivity index (χ0v) is 40.0. The number of aliphatic hydroxyl groups is 2. The molecule has 0 aromatic heterocycles. The maximum Gasteiger partial charge on any atom is 0.432 e. The SMILES string of the molecule is CC[C@H](OC(=O)C(OC)(c1ccccc1)C(F)(F)F)[C@@H](C)[C@H]1OC1C[C@@](C)(O)C=CC=C(C)[C@H]1OC(=O)C[C@H](OC(=O)C(OC)(c2ccccc2)C(F)(F)F)CC[C@@](C)(O)[C@@H](OC(C)=O)C=C[C@@H]1C. The molecule has 0 saturated carbocycles. The lowest BCUT2D eigenvalue weighted by Crippen LogP contribution is -2.53. The van der Waals surface area contributed by atoms with Crippen LogP contribution in [0.2, 0.25) is 0 Å². The number of allylic oxidation sites excluding steroid dienone is 2. The number of ether oxygens (including phenoxy) is 7. The fourth-order valence-corrected chi connectivity index (χ4v) is 8.48. The topological polar surface area (TPSA) is 177 Å². The molecule has 2 N–H and O–H groups in total. The minimum atomic E-state index is -5.33. The number of alkyl halides is 6. The van der Waals surface area contributed by atoms with Crippen LogP contribution in [0.3, 0.4) is 0 Å². The second kappa shape index (κ2) is 22.8. The van der Waals surface area contributed by atoms with Crippen molar-refractivity contribution in [1.29, 1.82) is 0 Å². The molecule has 13 nitrogen and oxygen atoms in total. The maximum absolute atomic E-state index is 14.8. The first-order chi connectivity index (χ1) is 32.1. The van der Waals surface area contributed by atoms with Gasteiger partial charge in [-0.1, -0.05) is 106 Å². The number of halogens is 6. The Morgan fingerprint density at radius 1 is 0.884 bits per heavy atom. The molecule has 0 bridgehead atoms. The molecule has 0 radical (unpaired) electrons. The summed E-state index contributed by atoms with van der Waals surface area (Å²) < 4.78 is 126. The zero-order chi connectivity index (χ0) is 51.8. The van der Waals surface area contributed by atoms with Crippen LogP contribution in [0, 0.1) is 11.8 Å². The minimum absolute atomic E-state index is 0.0163. The molecule has 12 atom stereocenters. The molecule has 2 aliphatic rings. The standard InChI is InChI=1S/C50H62F6O13/c1-10-37(68-44(60)48(64-9,50(54,55)56)35-21-15-12-16-22-35)32(4)42-38(67-42)29-45(6,61)26-17-18-30(2)41-31(3)23-24-39(65-33(5)57)46(7,62)27-25-36(28-40(58)69-41)66-43(59)47(63-8,49(51,52)53)34-19-13-11-14-20-34/h11-24,26,31-32,36-39,41-42,61-62H,10,25,27-29H2,1-9H3/t31-,32+,36+,37-,38?,39-,41+,42+,45-,46+,47?,48?/m0/s1. The van der Waals surface area contributed by atoms with Crippen molar-refractivity contribution in [2.24, 2.45) is 11.8 Å². The lowest BCUT2D eigenvalue weighted by atomic mass is 9.88. The number of carbonyl (C=O) groups is 4. The number of cyclic esters (lactones) is 1. The summed E-state index contributed by atoms with van der Waals surface area (Å²) in [6.07, 6.45) is -10.6. The summed E-state index contributed by atoms with van der Waals surface area (Å²) in [4.78, 5) is 52.8. The summed E-state index contributed by atoms with van der Waals surface area (Å²) in [5.41, 5.74) is -11.0. The Labute approximate surface area is 397 Å². The van der Waals surface area contributed by atoms with Crippen molar-refractivity contribution >= 4 is 23.9 Å². The molecule has 382 valence electrons. The quantitative estimate of drug-likeness (QED) is 0.0386. The Hall–Kier alpha value is -5.08. The third-order valence-electron chi connectivity index (χ3n) is 12.5. The van der Waals surface area contributed by atoms with Crippen LogP contribution < -0.4 is 0 Å². The Morgan fingerprint density at radius 2 is 1.42 bits per heavy atom. The zero-order valence-electron chi connectivity index (χ0n) is 40.0. The summed E-state index contributed by atoms with van der Waals surface area (Å²) in [6, 6.07) is 12.5. The number of hydrogen-bond acceptors (Lipinski definition) is 13. The largest absolute Gasteiger partial charge is 0.459 e. The molecule has 2 aromatic rings. The molecule has 4 rings (SSSR count). The molecule has 0 spiro atoms. The van der Waals surface area contributed by atoms with Crippen molar-refractivity contribution < 1.29 is 88.9 Å². The fourth-order valence-electron chi connectivity index (χ4n) is 8.48. The van der Waals surface area contributed by atoms with Gasteiger partial charge >= 0.3 is 36.2 Å². The number of epoxide rings is 1. The molecule has 1 saturated heterocycles. The highest BCUT2D eigenvalue weighted by Crippen LogP contribution is 2.46. The van der Waals surface area contributed by atoms with Crippen LogP contribution in [0.1, 0.15) is 91.7 Å². The summed E-state index contributed by atoms with van der Waals surface area (Å²) in [5, 5.41) is 22.9. The lowest BCUT2D eigenvalue weighted by Gasteiger charge is -2.35. The molecular weight excluding hydrogens is 923 g/mol. The Balaban J connectivity index is 1.54. The van der Waals surface area contributed by atoms with Crippen LogP contribution in [0.25, 0.3) is 0 Å². The Morgan fingerprint density at radius 3 is 1.91 bits per heavy atom. The van der Waals surface area contributed by atoms with Gasteiger partial charge in [-0.25, -0.2) is 9.59 Å². The molecule has 19 heteroatoms. The van der Waals surface area contributed by atoms with Gasteiger partial charge in [-0.05, 0) is 51.7 Å². The molecule has 69 heavy (non-hydrogen) atoms. The summed E-state index contributed by atoms with van der Waals surface area (Å²) in [5.74, 6) is -6.53. The van der Waals surface area contributed by atoms with E-state index in [-0.39, 0.29) is 25.7 Å². The maximum atomic E-state index is 14.8. The summed E-state index contributed by atoms with van der Waals surface area (Å²) in [6.45, 7) is 10.5. The van der Waals surface area contributed by atoms with Gasteiger partial charge in [0.25, 0.3) is 11.2 Å². The molecule has 2 aliphatic heterocycles. The van der Waals surface area contributed by atoms with Crippen LogP contribution in [0.15, 0.2) is 96.6 Å². The molecule has 3 unspecified atom stereocenters. The second-order valence-corrected chi connectivity index (χ2v) is 18.0. The van der Waals surface area contributed by atoms with Gasteiger partial charge in [-0.3, -0.25) is 9.59 Å². The van der Waals surface area contributed by atoms with E-state index in [1.165, 1.54) is 74.5 Å². The third-order valence-corrected chi connectivity index (χ3v) is 12.5. The molecule has 0 aliphatic carbocycles. The van der Waals surface area contributed by atoms with E-state index in [0.29, 0.717) is 12.7 Å². The lowest BCUT2D eigenvalue weighted by molar-refractivity contribution is -0.279. The monoisotopic (exact) mass is 984 g/mol. The van der Waals surface area contributed by atoms with Gasteiger partial charge in [0.05, 0.1) is 24.2 Å². The Bertz CT molecular complexity index is 2160.